The number of hydrogen-bond acceptors (Lipinski definition) is 6. The highest BCUT2D eigenvalue weighted by atomic mass is 15.3. The van der Waals surface area contributed by atoms with Gasteiger partial charge in [0.25, 0.3) is 0 Å². The van der Waals surface area contributed by atoms with Gasteiger partial charge in [0.05, 0.1) is 0 Å². The van der Waals surface area contributed by atoms with Crippen LogP contribution in [-0.4, -0.2) is 41.0 Å². The summed E-state index contributed by atoms with van der Waals surface area (Å²) in [6, 6.07) is 0.607. The Morgan fingerprint density at radius 1 is 1.26 bits per heavy atom. The molecule has 1 heterocycles. The molecule has 108 valence electrons. The third-order valence-electron chi connectivity index (χ3n) is 3.33. The van der Waals surface area contributed by atoms with Gasteiger partial charge in [0.15, 0.2) is 0 Å². The molecular weight excluding hydrogens is 240 g/mol. The minimum absolute atomic E-state index is 0.607. The second kappa shape index (κ2) is 7.91. The number of rotatable bonds is 8. The van der Waals surface area contributed by atoms with E-state index in [1.54, 1.807) is 0 Å². The van der Waals surface area contributed by atoms with Crippen molar-refractivity contribution in [3.8, 4) is 0 Å². The van der Waals surface area contributed by atoms with Crippen molar-refractivity contribution in [1.29, 1.82) is 0 Å². The summed E-state index contributed by atoms with van der Waals surface area (Å²) in [5.41, 5.74) is 3.52. The molecule has 6 heteroatoms. The summed E-state index contributed by atoms with van der Waals surface area (Å²) in [5.74, 6) is 6.90. The van der Waals surface area contributed by atoms with Crippen molar-refractivity contribution in [3.05, 3.63) is 11.9 Å². The number of aromatic nitrogens is 2. The number of hydrogen-bond donors (Lipinski definition) is 3. The molecule has 4 N–H and O–H groups in total. The SMILES string of the molecule is Cc1c(NN)ncnc1NCCCCN(C)C(C)C. The van der Waals surface area contributed by atoms with Crippen molar-refractivity contribution in [1.82, 2.24) is 14.9 Å². The molecule has 0 saturated heterocycles. The van der Waals surface area contributed by atoms with Gasteiger partial charge in [0.1, 0.15) is 18.0 Å². The normalized spacial score (nSPS) is 11.1. The summed E-state index contributed by atoms with van der Waals surface area (Å²) >= 11 is 0. The smallest absolute Gasteiger partial charge is 0.148 e. The molecule has 1 aromatic rings. The molecule has 6 nitrogen and oxygen atoms in total. The van der Waals surface area contributed by atoms with Crippen molar-refractivity contribution in [2.24, 2.45) is 5.84 Å². The zero-order chi connectivity index (χ0) is 14.3. The van der Waals surface area contributed by atoms with E-state index in [0.29, 0.717) is 11.9 Å². The molecule has 0 amide bonds. The minimum Gasteiger partial charge on any atom is -0.370 e. The predicted molar refractivity (Wildman–Crippen MR) is 80.1 cm³/mol. The molecule has 1 aromatic heterocycles. The Bertz CT molecular complexity index is 379. The largest absolute Gasteiger partial charge is 0.370 e. The third kappa shape index (κ3) is 5.00. The Balaban J connectivity index is 2.30. The van der Waals surface area contributed by atoms with Crippen LogP contribution >= 0.6 is 0 Å². The molecule has 0 aliphatic carbocycles. The lowest BCUT2D eigenvalue weighted by atomic mass is 10.2. The van der Waals surface area contributed by atoms with Crippen LogP contribution in [0.1, 0.15) is 32.3 Å². The van der Waals surface area contributed by atoms with Crippen LogP contribution in [0.3, 0.4) is 0 Å². The summed E-state index contributed by atoms with van der Waals surface area (Å²) in [7, 11) is 2.16. The zero-order valence-corrected chi connectivity index (χ0v) is 12.4. The fourth-order valence-corrected chi connectivity index (χ4v) is 1.73. The number of nitrogen functional groups attached to an aromatic ring is 1. The first-order chi connectivity index (χ1) is 9.06. The van der Waals surface area contributed by atoms with E-state index < -0.39 is 0 Å². The van der Waals surface area contributed by atoms with Gasteiger partial charge in [0.2, 0.25) is 0 Å². The highest BCUT2D eigenvalue weighted by molar-refractivity contribution is 5.55. The Hall–Kier alpha value is -1.40. The van der Waals surface area contributed by atoms with Crippen molar-refractivity contribution < 1.29 is 0 Å². The van der Waals surface area contributed by atoms with Crippen LogP contribution in [0.2, 0.25) is 0 Å². The van der Waals surface area contributed by atoms with Crippen molar-refractivity contribution in [3.63, 3.8) is 0 Å². The molecule has 0 bridgehead atoms. The highest BCUT2D eigenvalue weighted by Crippen LogP contribution is 2.16. The molecule has 19 heavy (non-hydrogen) atoms. The standard InChI is InChI=1S/C13H26N6/c1-10(2)19(4)8-6-5-7-15-12-11(3)13(18-14)17-9-16-12/h9-10H,5-8,14H2,1-4H3,(H2,15,16,17,18). The van der Waals surface area contributed by atoms with Crippen LogP contribution in [0.15, 0.2) is 6.33 Å². The molecule has 0 unspecified atom stereocenters. The fraction of sp³-hybridized carbons (Fsp3) is 0.692. The maximum Gasteiger partial charge on any atom is 0.148 e. The average Bonchev–Trinajstić information content (AvgIpc) is 2.39. The molecule has 0 radical (unpaired) electrons. The highest BCUT2D eigenvalue weighted by Gasteiger charge is 2.05. The number of nitrogens with two attached hydrogens (primary N) is 1. The second-order valence-electron chi connectivity index (χ2n) is 5.05. The molecule has 0 aliphatic rings. The van der Waals surface area contributed by atoms with Gasteiger partial charge < -0.3 is 15.6 Å². The Morgan fingerprint density at radius 2 is 1.95 bits per heavy atom. The average molecular weight is 266 g/mol. The summed E-state index contributed by atoms with van der Waals surface area (Å²) in [6.45, 7) is 8.41. The van der Waals surface area contributed by atoms with Crippen LogP contribution in [0, 0.1) is 6.92 Å². The lowest BCUT2D eigenvalue weighted by Gasteiger charge is -2.20. The fourth-order valence-electron chi connectivity index (χ4n) is 1.73. The van der Waals surface area contributed by atoms with E-state index in [2.05, 4.69) is 46.5 Å². The quantitative estimate of drug-likeness (QED) is 0.377. The minimum atomic E-state index is 0.607. The number of anilines is 2. The number of nitrogens with zero attached hydrogens (tertiary/aromatic N) is 3. The zero-order valence-electron chi connectivity index (χ0n) is 12.4. The van der Waals surface area contributed by atoms with Gasteiger partial charge in [-0.2, -0.15) is 0 Å². The summed E-state index contributed by atoms with van der Waals surface area (Å²) in [5, 5.41) is 3.33. The van der Waals surface area contributed by atoms with Crippen LogP contribution in [-0.2, 0) is 0 Å². The maximum atomic E-state index is 5.38. The molecule has 0 fully saturated rings. The molecule has 0 saturated carbocycles. The van der Waals surface area contributed by atoms with Crippen LogP contribution in [0.4, 0.5) is 11.6 Å². The number of unbranched alkanes of at least 4 members (excludes halogenated alkanes) is 1. The van der Waals surface area contributed by atoms with Crippen LogP contribution < -0.4 is 16.6 Å². The van der Waals surface area contributed by atoms with Crippen molar-refractivity contribution >= 4 is 11.6 Å². The topological polar surface area (TPSA) is 79.1 Å². The predicted octanol–water partition coefficient (Wildman–Crippen LogP) is 1.60. The van der Waals surface area contributed by atoms with E-state index in [4.69, 9.17) is 5.84 Å². The molecule has 0 aromatic carbocycles. The number of nitrogens with one attached hydrogen (secondary N) is 2. The van der Waals surface area contributed by atoms with E-state index in [-0.39, 0.29) is 0 Å². The van der Waals surface area contributed by atoms with Crippen LogP contribution in [0.5, 0.6) is 0 Å². The van der Waals surface area contributed by atoms with Crippen molar-refractivity contribution in [2.75, 3.05) is 30.9 Å². The van der Waals surface area contributed by atoms with Gasteiger partial charge in [0, 0.05) is 18.2 Å². The number of hydrazine groups is 1. The summed E-state index contributed by atoms with van der Waals surface area (Å²) < 4.78 is 0. The maximum absolute atomic E-state index is 5.38. The van der Waals surface area contributed by atoms with E-state index in [1.165, 1.54) is 12.7 Å². The first kappa shape index (κ1) is 15.7. The monoisotopic (exact) mass is 266 g/mol. The Morgan fingerprint density at radius 3 is 2.58 bits per heavy atom. The molecular formula is C13H26N6. The summed E-state index contributed by atoms with van der Waals surface area (Å²) in [6.07, 6.45) is 3.80. The van der Waals surface area contributed by atoms with Gasteiger partial charge >= 0.3 is 0 Å². The van der Waals surface area contributed by atoms with Crippen LogP contribution in [0.25, 0.3) is 0 Å². The third-order valence-corrected chi connectivity index (χ3v) is 3.33. The van der Waals surface area contributed by atoms with E-state index >= 15 is 0 Å². The second-order valence-corrected chi connectivity index (χ2v) is 5.05. The first-order valence-electron chi connectivity index (χ1n) is 6.78. The summed E-state index contributed by atoms with van der Waals surface area (Å²) in [4.78, 5) is 10.6. The van der Waals surface area contributed by atoms with E-state index in [9.17, 15) is 0 Å². The van der Waals surface area contributed by atoms with Gasteiger partial charge in [-0.15, -0.1) is 0 Å². The Labute approximate surface area is 115 Å². The van der Waals surface area contributed by atoms with Gasteiger partial charge in [-0.05, 0) is 47.2 Å². The molecule has 0 aliphatic heterocycles. The van der Waals surface area contributed by atoms with Gasteiger partial charge in [-0.3, -0.25) is 0 Å². The molecule has 0 spiro atoms. The van der Waals surface area contributed by atoms with E-state index in [1.807, 2.05) is 6.92 Å². The Kier molecular flexibility index (Phi) is 6.52. The molecule has 1 rings (SSSR count). The van der Waals surface area contributed by atoms with Crippen molar-refractivity contribution in [2.45, 2.75) is 39.7 Å². The van der Waals surface area contributed by atoms with E-state index in [0.717, 1.165) is 30.9 Å². The van der Waals surface area contributed by atoms with Gasteiger partial charge in [-0.25, -0.2) is 15.8 Å². The van der Waals surface area contributed by atoms with Gasteiger partial charge in [-0.1, -0.05) is 0 Å². The lowest BCUT2D eigenvalue weighted by molar-refractivity contribution is 0.269. The first-order valence-corrected chi connectivity index (χ1v) is 6.78. The molecule has 0 atom stereocenters. The lowest BCUT2D eigenvalue weighted by Crippen LogP contribution is -2.27.